The molecule has 1 aromatic rings. The van der Waals surface area contributed by atoms with E-state index in [9.17, 15) is 4.79 Å². The van der Waals surface area contributed by atoms with E-state index in [-0.39, 0.29) is 18.1 Å². The van der Waals surface area contributed by atoms with E-state index in [1.54, 1.807) is 12.3 Å². The highest BCUT2D eigenvalue weighted by Gasteiger charge is 2.29. The molecule has 2 unspecified atom stereocenters. The van der Waals surface area contributed by atoms with E-state index in [4.69, 9.17) is 4.42 Å². The minimum Gasteiger partial charge on any atom is -0.466 e. The van der Waals surface area contributed by atoms with Gasteiger partial charge in [0.1, 0.15) is 11.9 Å². The number of nitrogens with one attached hydrogen (secondary N) is 2. The summed E-state index contributed by atoms with van der Waals surface area (Å²) in [7, 11) is 0. The van der Waals surface area contributed by atoms with Gasteiger partial charge < -0.3 is 9.73 Å². The van der Waals surface area contributed by atoms with Crippen LogP contribution in [0.25, 0.3) is 0 Å². The molecule has 12 heavy (non-hydrogen) atoms. The molecular weight excluding hydrogens is 156 g/mol. The van der Waals surface area contributed by atoms with Gasteiger partial charge in [0.05, 0.1) is 12.3 Å². The summed E-state index contributed by atoms with van der Waals surface area (Å²) in [4.78, 5) is 11.1. The maximum absolute atomic E-state index is 11.1. The summed E-state index contributed by atoms with van der Waals surface area (Å²) in [5.74, 6) is 0.754. The standard InChI is InChI=1S/C8H10N2O2/c1-5-8(11)10-7(9-5)6-3-2-4-12-6/h2-5,7,9H,1H3,(H,10,11). The number of amides is 1. The number of furan rings is 1. The van der Waals surface area contributed by atoms with Gasteiger partial charge in [0.2, 0.25) is 5.91 Å². The van der Waals surface area contributed by atoms with Gasteiger partial charge in [-0.2, -0.15) is 0 Å². The van der Waals surface area contributed by atoms with Crippen molar-refractivity contribution in [1.82, 2.24) is 10.6 Å². The smallest absolute Gasteiger partial charge is 0.238 e. The van der Waals surface area contributed by atoms with Gasteiger partial charge in [-0.3, -0.25) is 10.1 Å². The monoisotopic (exact) mass is 166 g/mol. The average Bonchev–Trinajstić information content (AvgIpc) is 2.61. The molecule has 2 N–H and O–H groups in total. The van der Waals surface area contributed by atoms with Crippen molar-refractivity contribution in [3.8, 4) is 0 Å². The van der Waals surface area contributed by atoms with Crippen LogP contribution in [0.3, 0.4) is 0 Å². The Morgan fingerprint density at radius 2 is 2.42 bits per heavy atom. The SMILES string of the molecule is CC1NC(c2ccco2)NC1=O. The van der Waals surface area contributed by atoms with Crippen molar-refractivity contribution in [3.63, 3.8) is 0 Å². The largest absolute Gasteiger partial charge is 0.466 e. The number of rotatable bonds is 1. The summed E-state index contributed by atoms with van der Waals surface area (Å²) in [5.41, 5.74) is 0. The quantitative estimate of drug-likeness (QED) is 0.634. The summed E-state index contributed by atoms with van der Waals surface area (Å²) in [6.45, 7) is 1.82. The average molecular weight is 166 g/mol. The van der Waals surface area contributed by atoms with Crippen molar-refractivity contribution in [2.24, 2.45) is 0 Å². The van der Waals surface area contributed by atoms with Crippen molar-refractivity contribution in [2.75, 3.05) is 0 Å². The lowest BCUT2D eigenvalue weighted by molar-refractivity contribution is -0.120. The predicted octanol–water partition coefficient (Wildman–Crippen LogP) is 0.386. The Morgan fingerprint density at radius 1 is 1.58 bits per heavy atom. The van der Waals surface area contributed by atoms with Crippen LogP contribution in [0.4, 0.5) is 0 Å². The molecule has 2 heterocycles. The molecule has 1 fully saturated rings. The molecule has 2 atom stereocenters. The second-order valence-corrected chi connectivity index (χ2v) is 2.85. The molecule has 64 valence electrons. The Morgan fingerprint density at radius 3 is 2.92 bits per heavy atom. The molecule has 1 aliphatic rings. The fourth-order valence-corrected chi connectivity index (χ4v) is 1.24. The molecule has 4 nitrogen and oxygen atoms in total. The lowest BCUT2D eigenvalue weighted by Gasteiger charge is -2.05. The van der Waals surface area contributed by atoms with Crippen LogP contribution in [0.2, 0.25) is 0 Å². The zero-order valence-corrected chi connectivity index (χ0v) is 6.70. The second-order valence-electron chi connectivity index (χ2n) is 2.85. The third kappa shape index (κ3) is 1.10. The maximum atomic E-state index is 11.1. The van der Waals surface area contributed by atoms with E-state index in [2.05, 4.69) is 10.6 Å². The Kier molecular flexibility index (Phi) is 1.62. The molecule has 0 aliphatic carbocycles. The van der Waals surface area contributed by atoms with E-state index < -0.39 is 0 Å². The van der Waals surface area contributed by atoms with Crippen LogP contribution in [-0.2, 0) is 4.79 Å². The Balaban J connectivity index is 2.14. The zero-order valence-electron chi connectivity index (χ0n) is 6.70. The highest BCUT2D eigenvalue weighted by Crippen LogP contribution is 2.15. The van der Waals surface area contributed by atoms with E-state index in [0.29, 0.717) is 0 Å². The molecule has 0 aromatic carbocycles. The molecular formula is C8H10N2O2. The number of carbonyl (C=O) groups is 1. The first-order chi connectivity index (χ1) is 5.77. The van der Waals surface area contributed by atoms with Gasteiger partial charge in [-0.25, -0.2) is 0 Å². The number of hydrogen-bond donors (Lipinski definition) is 2. The highest BCUT2D eigenvalue weighted by atomic mass is 16.3. The molecule has 1 aromatic heterocycles. The molecule has 0 saturated carbocycles. The third-order valence-electron chi connectivity index (χ3n) is 1.92. The maximum Gasteiger partial charge on any atom is 0.238 e. The summed E-state index contributed by atoms with van der Waals surface area (Å²) in [5, 5.41) is 5.81. The van der Waals surface area contributed by atoms with Crippen molar-refractivity contribution in [1.29, 1.82) is 0 Å². The molecule has 2 rings (SSSR count). The van der Waals surface area contributed by atoms with Gasteiger partial charge >= 0.3 is 0 Å². The van der Waals surface area contributed by atoms with Gasteiger partial charge in [0.25, 0.3) is 0 Å². The topological polar surface area (TPSA) is 54.3 Å². The Bertz CT molecular complexity index is 281. The summed E-state index contributed by atoms with van der Waals surface area (Å²) < 4.78 is 5.14. The molecule has 0 bridgehead atoms. The van der Waals surface area contributed by atoms with E-state index in [1.807, 2.05) is 13.0 Å². The Labute approximate surface area is 69.9 Å². The minimum atomic E-state index is -0.164. The van der Waals surface area contributed by atoms with Crippen LogP contribution in [0, 0.1) is 0 Å². The Hall–Kier alpha value is -1.29. The van der Waals surface area contributed by atoms with Gasteiger partial charge in [0, 0.05) is 0 Å². The minimum absolute atomic E-state index is 0.0106. The van der Waals surface area contributed by atoms with Crippen molar-refractivity contribution < 1.29 is 9.21 Å². The van der Waals surface area contributed by atoms with Gasteiger partial charge in [0.15, 0.2) is 0 Å². The van der Waals surface area contributed by atoms with Crippen LogP contribution < -0.4 is 10.6 Å². The lowest BCUT2D eigenvalue weighted by atomic mass is 10.3. The molecule has 1 saturated heterocycles. The first kappa shape index (κ1) is 7.36. The zero-order chi connectivity index (χ0) is 8.55. The fourth-order valence-electron chi connectivity index (χ4n) is 1.24. The van der Waals surface area contributed by atoms with Gasteiger partial charge in [-0.1, -0.05) is 0 Å². The number of carbonyl (C=O) groups excluding carboxylic acids is 1. The third-order valence-corrected chi connectivity index (χ3v) is 1.92. The van der Waals surface area contributed by atoms with Crippen molar-refractivity contribution in [3.05, 3.63) is 24.2 Å². The van der Waals surface area contributed by atoms with E-state index in [0.717, 1.165) is 5.76 Å². The summed E-state index contributed by atoms with van der Waals surface area (Å²) in [6.07, 6.45) is 1.43. The molecule has 0 radical (unpaired) electrons. The van der Waals surface area contributed by atoms with Crippen LogP contribution >= 0.6 is 0 Å². The predicted molar refractivity (Wildman–Crippen MR) is 42.2 cm³/mol. The first-order valence-electron chi connectivity index (χ1n) is 3.87. The molecule has 1 aliphatic heterocycles. The van der Waals surface area contributed by atoms with E-state index in [1.165, 1.54) is 0 Å². The van der Waals surface area contributed by atoms with Crippen LogP contribution in [-0.4, -0.2) is 11.9 Å². The molecule has 0 spiro atoms. The highest BCUT2D eigenvalue weighted by molar-refractivity contribution is 5.83. The normalized spacial score (nSPS) is 28.9. The summed E-state index contributed by atoms with van der Waals surface area (Å²) in [6, 6.07) is 3.49. The lowest BCUT2D eigenvalue weighted by Crippen LogP contribution is -2.24. The van der Waals surface area contributed by atoms with Crippen LogP contribution in [0.15, 0.2) is 22.8 Å². The summed E-state index contributed by atoms with van der Waals surface area (Å²) >= 11 is 0. The van der Waals surface area contributed by atoms with Gasteiger partial charge in [-0.15, -0.1) is 0 Å². The first-order valence-corrected chi connectivity index (χ1v) is 3.87. The second kappa shape index (κ2) is 2.64. The number of hydrogen-bond acceptors (Lipinski definition) is 3. The van der Waals surface area contributed by atoms with Crippen molar-refractivity contribution in [2.45, 2.75) is 19.1 Å². The fraction of sp³-hybridized carbons (Fsp3) is 0.375. The van der Waals surface area contributed by atoms with E-state index >= 15 is 0 Å². The molecule has 4 heteroatoms. The molecule has 1 amide bonds. The van der Waals surface area contributed by atoms with Crippen LogP contribution in [0.1, 0.15) is 18.8 Å². The van der Waals surface area contributed by atoms with Crippen LogP contribution in [0.5, 0.6) is 0 Å². The van der Waals surface area contributed by atoms with Gasteiger partial charge in [-0.05, 0) is 19.1 Å². The van der Waals surface area contributed by atoms with Crippen molar-refractivity contribution >= 4 is 5.91 Å².